The Morgan fingerprint density at radius 3 is 1.86 bits per heavy atom. The van der Waals surface area contributed by atoms with Crippen LogP contribution < -0.4 is 4.90 Å². The van der Waals surface area contributed by atoms with Gasteiger partial charge in [-0.05, 0) is 77.4 Å². The molecule has 0 atom stereocenters. The Kier molecular flexibility index (Phi) is 5.89. The van der Waals surface area contributed by atoms with E-state index in [1.54, 1.807) is 17.4 Å². The van der Waals surface area contributed by atoms with Gasteiger partial charge >= 0.3 is 0 Å². The molecule has 4 aromatic carbocycles. The lowest BCUT2D eigenvalue weighted by atomic mass is 9.82. The zero-order chi connectivity index (χ0) is 30.3. The highest BCUT2D eigenvalue weighted by atomic mass is 32.1. The van der Waals surface area contributed by atoms with E-state index in [1.165, 1.54) is 32.9 Å². The Labute approximate surface area is 260 Å². The molecule has 0 radical (unpaired) electrons. The number of hydrogen-bond acceptors (Lipinski definition) is 5. The second-order valence-corrected chi connectivity index (χ2v) is 13.7. The van der Waals surface area contributed by atoms with E-state index in [9.17, 15) is 18.4 Å². The number of carbonyl (C=O) groups is 2. The summed E-state index contributed by atoms with van der Waals surface area (Å²) in [7, 11) is 0. The van der Waals surface area contributed by atoms with Crippen LogP contribution in [0.3, 0.4) is 0 Å². The number of para-hydroxylation sites is 2. The van der Waals surface area contributed by atoms with Crippen LogP contribution in [-0.4, -0.2) is 11.6 Å². The minimum Gasteiger partial charge on any atom is -0.310 e. The zero-order valence-electron chi connectivity index (χ0n) is 23.7. The van der Waals surface area contributed by atoms with Crippen LogP contribution in [-0.2, 0) is 5.41 Å². The molecule has 6 aromatic rings. The van der Waals surface area contributed by atoms with E-state index in [4.69, 9.17) is 0 Å². The van der Waals surface area contributed by atoms with Crippen LogP contribution >= 0.6 is 22.7 Å². The van der Waals surface area contributed by atoms with Gasteiger partial charge in [0.25, 0.3) is 0 Å². The summed E-state index contributed by atoms with van der Waals surface area (Å²) in [4.78, 5) is 30.2. The summed E-state index contributed by atoms with van der Waals surface area (Å²) in [5.41, 5.74) is 6.37. The van der Waals surface area contributed by atoms with Gasteiger partial charge in [-0.25, -0.2) is 8.78 Å². The molecule has 0 N–H and O–H groups in total. The van der Waals surface area contributed by atoms with E-state index < -0.39 is 23.2 Å². The minimum absolute atomic E-state index is 0.0651. The van der Waals surface area contributed by atoms with Crippen molar-refractivity contribution in [3.05, 3.63) is 141 Å². The Bertz CT molecular complexity index is 2130. The molecule has 2 aromatic heterocycles. The number of nitrogens with zero attached hydrogens (tertiary/aromatic N) is 1. The number of anilines is 3. The Morgan fingerprint density at radius 2 is 1.27 bits per heavy atom. The molecular weight excluding hydrogens is 593 g/mol. The fourth-order valence-electron chi connectivity index (χ4n) is 6.45. The first-order chi connectivity index (χ1) is 21.2. The van der Waals surface area contributed by atoms with Crippen molar-refractivity contribution >= 4 is 66.8 Å². The molecule has 214 valence electrons. The van der Waals surface area contributed by atoms with Crippen molar-refractivity contribution in [3.63, 3.8) is 0 Å². The molecule has 0 unspecified atom stereocenters. The molecule has 7 heteroatoms. The van der Waals surface area contributed by atoms with Crippen LogP contribution in [0.15, 0.2) is 103 Å². The van der Waals surface area contributed by atoms with E-state index in [-0.39, 0.29) is 22.1 Å². The molecule has 0 aliphatic heterocycles. The summed E-state index contributed by atoms with van der Waals surface area (Å²) in [6.45, 7) is 4.48. The van der Waals surface area contributed by atoms with E-state index in [0.29, 0.717) is 0 Å². The van der Waals surface area contributed by atoms with E-state index in [2.05, 4.69) is 61.2 Å². The van der Waals surface area contributed by atoms with Gasteiger partial charge in [0.1, 0.15) is 0 Å². The summed E-state index contributed by atoms with van der Waals surface area (Å²) >= 11 is 3.24. The molecule has 8 rings (SSSR count). The van der Waals surface area contributed by atoms with Crippen molar-refractivity contribution in [1.82, 2.24) is 0 Å². The molecule has 0 fully saturated rings. The number of allylic oxidation sites excluding steroid dienone is 1. The highest BCUT2D eigenvalue weighted by Gasteiger charge is 2.40. The van der Waals surface area contributed by atoms with Gasteiger partial charge in [0.15, 0.2) is 23.2 Å². The molecule has 0 spiro atoms. The number of thiophene rings is 2. The fraction of sp³-hybridized carbons (Fsp3) is 0.0811. The highest BCUT2D eigenvalue weighted by molar-refractivity contribution is 7.30. The van der Waals surface area contributed by atoms with Crippen molar-refractivity contribution in [2.24, 2.45) is 0 Å². The molecule has 2 aliphatic rings. The fourth-order valence-corrected chi connectivity index (χ4v) is 9.39. The molecule has 3 nitrogen and oxygen atoms in total. The maximum Gasteiger partial charge on any atom is 0.197 e. The SMILES string of the molecule is CC1(C)c2cc(N(c3ccccc3)c3ccccc3)ccc2-c2sc3cc(C=C4C(=O)c5cc(F)c(F)cc5C4=O)sc3c21. The number of ketones is 2. The van der Waals surface area contributed by atoms with E-state index in [1.807, 2.05) is 42.5 Å². The number of fused-ring (bicyclic) bond motifs is 6. The third-order valence-corrected chi connectivity index (χ3v) is 10.9. The molecule has 0 bridgehead atoms. The molecule has 44 heavy (non-hydrogen) atoms. The first kappa shape index (κ1) is 26.9. The van der Waals surface area contributed by atoms with Crippen molar-refractivity contribution in [1.29, 1.82) is 0 Å². The second kappa shape index (κ2) is 9.64. The number of carbonyl (C=O) groups excluding carboxylic acids is 2. The quantitative estimate of drug-likeness (QED) is 0.146. The predicted octanol–water partition coefficient (Wildman–Crippen LogP) is 10.5. The lowest BCUT2D eigenvalue weighted by molar-refractivity contribution is 0.0990. The topological polar surface area (TPSA) is 37.4 Å². The maximum absolute atomic E-state index is 13.8. The van der Waals surface area contributed by atoms with Crippen LogP contribution in [0.2, 0.25) is 0 Å². The van der Waals surface area contributed by atoms with Crippen molar-refractivity contribution < 1.29 is 18.4 Å². The lowest BCUT2D eigenvalue weighted by Gasteiger charge is -2.28. The molecule has 0 saturated carbocycles. The van der Waals surface area contributed by atoms with Gasteiger partial charge in [-0.15, -0.1) is 22.7 Å². The zero-order valence-corrected chi connectivity index (χ0v) is 25.3. The molecule has 2 heterocycles. The third-order valence-electron chi connectivity index (χ3n) is 8.54. The van der Waals surface area contributed by atoms with Crippen LogP contribution in [0.1, 0.15) is 50.6 Å². The first-order valence-corrected chi connectivity index (χ1v) is 15.8. The van der Waals surface area contributed by atoms with Crippen LogP contribution in [0.4, 0.5) is 25.8 Å². The van der Waals surface area contributed by atoms with Crippen LogP contribution in [0.5, 0.6) is 0 Å². The highest BCUT2D eigenvalue weighted by Crippen LogP contribution is 2.58. The van der Waals surface area contributed by atoms with Gasteiger partial charge in [-0.3, -0.25) is 9.59 Å². The normalized spacial score (nSPS) is 14.6. The number of rotatable bonds is 4. The van der Waals surface area contributed by atoms with E-state index >= 15 is 0 Å². The second-order valence-electron chi connectivity index (χ2n) is 11.5. The smallest absolute Gasteiger partial charge is 0.197 e. The maximum atomic E-state index is 13.8. The first-order valence-electron chi connectivity index (χ1n) is 14.1. The van der Waals surface area contributed by atoms with Crippen LogP contribution in [0.25, 0.3) is 25.9 Å². The van der Waals surface area contributed by atoms with Gasteiger partial charge in [0.05, 0.1) is 10.3 Å². The van der Waals surface area contributed by atoms with Crippen molar-refractivity contribution in [2.45, 2.75) is 19.3 Å². The number of Topliss-reactive ketones (excluding diaryl/α,β-unsaturated/α-hetero) is 2. The van der Waals surface area contributed by atoms with Crippen LogP contribution in [0, 0.1) is 11.6 Å². The average molecular weight is 616 g/mol. The number of benzene rings is 4. The summed E-state index contributed by atoms with van der Waals surface area (Å²) in [6.07, 6.45) is 1.56. The Hall–Kier alpha value is -4.72. The summed E-state index contributed by atoms with van der Waals surface area (Å²) in [5, 5.41) is 0. The minimum atomic E-state index is -1.14. The van der Waals surface area contributed by atoms with Gasteiger partial charge < -0.3 is 4.90 Å². The number of halogens is 2. The summed E-state index contributed by atoms with van der Waals surface area (Å²) in [6, 6.07) is 31.0. The molecule has 0 amide bonds. The Morgan fingerprint density at radius 1 is 0.682 bits per heavy atom. The van der Waals surface area contributed by atoms with E-state index in [0.717, 1.165) is 43.5 Å². The van der Waals surface area contributed by atoms with Gasteiger partial charge in [0, 0.05) is 48.1 Å². The van der Waals surface area contributed by atoms with Crippen molar-refractivity contribution in [3.8, 4) is 10.4 Å². The average Bonchev–Trinajstić information content (AvgIpc) is 3.70. The summed E-state index contributed by atoms with van der Waals surface area (Å²) < 4.78 is 29.8. The third kappa shape index (κ3) is 3.89. The monoisotopic (exact) mass is 615 g/mol. The summed E-state index contributed by atoms with van der Waals surface area (Å²) in [5.74, 6) is -3.43. The van der Waals surface area contributed by atoms with Gasteiger partial charge in [-0.2, -0.15) is 0 Å². The number of hydrogen-bond donors (Lipinski definition) is 0. The molecule has 2 aliphatic carbocycles. The van der Waals surface area contributed by atoms with Gasteiger partial charge in [-0.1, -0.05) is 56.3 Å². The predicted molar refractivity (Wildman–Crippen MR) is 175 cm³/mol. The molecule has 0 saturated heterocycles. The molecular formula is C37H23F2NO2S2. The lowest BCUT2D eigenvalue weighted by Crippen LogP contribution is -2.16. The standard InChI is InChI=1S/C37H23F2NO2S2/c1-37(2)28-15-22(40(20-9-5-3-6-10-20)21-11-7-4-8-12-21)13-14-24(28)35-32(37)36-31(44-35)17-23(43-36)16-27-33(41)25-18-29(38)30(39)19-26(25)34(27)42/h3-19H,1-2H3. The largest absolute Gasteiger partial charge is 0.310 e. The van der Waals surface area contributed by atoms with Crippen molar-refractivity contribution in [2.75, 3.05) is 4.90 Å². The van der Waals surface area contributed by atoms with Gasteiger partial charge in [0.2, 0.25) is 0 Å². The Balaban J connectivity index is 1.20.